The number of nitrogens with one attached hydrogen (secondary N) is 1. The number of likely N-dealkylation sites (tertiary alicyclic amines) is 1. The monoisotopic (exact) mass is 196 g/mol. The summed E-state index contributed by atoms with van der Waals surface area (Å²) < 4.78 is 0. The molecule has 1 saturated heterocycles. The summed E-state index contributed by atoms with van der Waals surface area (Å²) in [5, 5.41) is 3.19. The minimum absolute atomic E-state index is 0.162. The van der Waals surface area contributed by atoms with E-state index in [1.807, 2.05) is 24.9 Å². The van der Waals surface area contributed by atoms with Gasteiger partial charge in [0.2, 0.25) is 5.91 Å². The van der Waals surface area contributed by atoms with Crippen LogP contribution in [0.5, 0.6) is 0 Å². The summed E-state index contributed by atoms with van der Waals surface area (Å²) in [7, 11) is 1.98. The topological polar surface area (TPSA) is 32.3 Å². The Kier molecular flexibility index (Phi) is 4.66. The maximum Gasteiger partial charge on any atom is 0.246 e. The standard InChI is InChI=1S/C11H20N2O/c1-3-4-11(14)13-7-5-10(6-8-13)9-12-2/h3-4,10,12H,5-9H2,1-2H3/b4-3+. The summed E-state index contributed by atoms with van der Waals surface area (Å²) in [4.78, 5) is 13.4. The summed E-state index contributed by atoms with van der Waals surface area (Å²) >= 11 is 0. The molecule has 0 aromatic rings. The molecule has 1 aliphatic heterocycles. The molecule has 0 radical (unpaired) electrons. The van der Waals surface area contributed by atoms with Crippen LogP contribution in [0.1, 0.15) is 19.8 Å². The van der Waals surface area contributed by atoms with Gasteiger partial charge in [-0.3, -0.25) is 4.79 Å². The second kappa shape index (κ2) is 5.81. The van der Waals surface area contributed by atoms with Gasteiger partial charge in [0.05, 0.1) is 0 Å². The Balaban J connectivity index is 2.31. The first-order valence-electron chi connectivity index (χ1n) is 5.34. The molecule has 1 amide bonds. The summed E-state index contributed by atoms with van der Waals surface area (Å²) in [5.41, 5.74) is 0. The Hall–Kier alpha value is -0.830. The van der Waals surface area contributed by atoms with Crippen molar-refractivity contribution in [2.75, 3.05) is 26.7 Å². The molecule has 0 spiro atoms. The molecule has 14 heavy (non-hydrogen) atoms. The molecular formula is C11H20N2O. The van der Waals surface area contributed by atoms with Gasteiger partial charge < -0.3 is 10.2 Å². The van der Waals surface area contributed by atoms with E-state index in [2.05, 4.69) is 5.32 Å². The van der Waals surface area contributed by atoms with Crippen molar-refractivity contribution in [3.63, 3.8) is 0 Å². The highest BCUT2D eigenvalue weighted by molar-refractivity contribution is 5.87. The first-order chi connectivity index (χ1) is 6.77. The van der Waals surface area contributed by atoms with Gasteiger partial charge in [-0.15, -0.1) is 0 Å². The van der Waals surface area contributed by atoms with Crippen LogP contribution >= 0.6 is 0 Å². The number of hydrogen-bond acceptors (Lipinski definition) is 2. The third-order valence-electron chi connectivity index (χ3n) is 2.73. The van der Waals surface area contributed by atoms with Crippen LogP contribution in [-0.2, 0) is 4.79 Å². The fraction of sp³-hybridized carbons (Fsp3) is 0.727. The molecule has 3 nitrogen and oxygen atoms in total. The highest BCUT2D eigenvalue weighted by Gasteiger charge is 2.20. The van der Waals surface area contributed by atoms with E-state index in [0.29, 0.717) is 0 Å². The van der Waals surface area contributed by atoms with Crippen LogP contribution in [0.15, 0.2) is 12.2 Å². The van der Waals surface area contributed by atoms with Crippen LogP contribution in [0.4, 0.5) is 0 Å². The zero-order chi connectivity index (χ0) is 10.4. The Bertz CT molecular complexity index is 205. The van der Waals surface area contributed by atoms with E-state index in [9.17, 15) is 4.79 Å². The number of piperidine rings is 1. The first-order valence-corrected chi connectivity index (χ1v) is 5.34. The average Bonchev–Trinajstić information content (AvgIpc) is 2.20. The number of rotatable bonds is 3. The summed E-state index contributed by atoms with van der Waals surface area (Å²) in [6.45, 7) is 4.78. The van der Waals surface area contributed by atoms with Gasteiger partial charge in [-0.05, 0) is 45.4 Å². The molecule has 3 heteroatoms. The van der Waals surface area contributed by atoms with Gasteiger partial charge in [-0.2, -0.15) is 0 Å². The van der Waals surface area contributed by atoms with Gasteiger partial charge in [-0.1, -0.05) is 6.08 Å². The minimum Gasteiger partial charge on any atom is -0.339 e. The van der Waals surface area contributed by atoms with Gasteiger partial charge >= 0.3 is 0 Å². The maximum absolute atomic E-state index is 11.5. The molecule has 80 valence electrons. The van der Waals surface area contributed by atoms with Crippen LogP contribution in [0.25, 0.3) is 0 Å². The van der Waals surface area contributed by atoms with Crippen molar-refractivity contribution in [3.05, 3.63) is 12.2 Å². The molecular weight excluding hydrogens is 176 g/mol. The van der Waals surface area contributed by atoms with Crippen LogP contribution in [0.3, 0.4) is 0 Å². The molecule has 1 heterocycles. The van der Waals surface area contributed by atoms with E-state index >= 15 is 0 Å². The smallest absolute Gasteiger partial charge is 0.246 e. The Labute approximate surface area is 86.2 Å². The predicted molar refractivity (Wildman–Crippen MR) is 58.0 cm³/mol. The molecule has 0 aromatic heterocycles. The van der Waals surface area contributed by atoms with Crippen molar-refractivity contribution < 1.29 is 4.79 Å². The largest absolute Gasteiger partial charge is 0.339 e. The average molecular weight is 196 g/mol. The van der Waals surface area contributed by atoms with Crippen LogP contribution in [0.2, 0.25) is 0 Å². The summed E-state index contributed by atoms with van der Waals surface area (Å²) in [5.74, 6) is 0.907. The van der Waals surface area contributed by atoms with Crippen molar-refractivity contribution in [1.82, 2.24) is 10.2 Å². The van der Waals surface area contributed by atoms with Crippen LogP contribution < -0.4 is 5.32 Å². The van der Waals surface area contributed by atoms with Crippen LogP contribution in [0, 0.1) is 5.92 Å². The fourth-order valence-electron chi connectivity index (χ4n) is 1.89. The summed E-state index contributed by atoms with van der Waals surface area (Å²) in [6.07, 6.45) is 5.72. The lowest BCUT2D eigenvalue weighted by Gasteiger charge is -2.31. The molecule has 0 aliphatic carbocycles. The lowest BCUT2D eigenvalue weighted by Crippen LogP contribution is -2.39. The second-order valence-corrected chi connectivity index (χ2v) is 3.83. The fourth-order valence-corrected chi connectivity index (χ4v) is 1.89. The highest BCUT2D eigenvalue weighted by atomic mass is 16.2. The second-order valence-electron chi connectivity index (χ2n) is 3.83. The molecule has 1 rings (SSSR count). The number of nitrogens with zero attached hydrogens (tertiary/aromatic N) is 1. The van der Waals surface area contributed by atoms with Gasteiger partial charge in [0.15, 0.2) is 0 Å². The van der Waals surface area contributed by atoms with E-state index in [4.69, 9.17) is 0 Å². The lowest BCUT2D eigenvalue weighted by atomic mass is 9.97. The minimum atomic E-state index is 0.162. The van der Waals surface area contributed by atoms with Crippen molar-refractivity contribution in [3.8, 4) is 0 Å². The van der Waals surface area contributed by atoms with Crippen molar-refractivity contribution >= 4 is 5.91 Å². The molecule has 0 atom stereocenters. The van der Waals surface area contributed by atoms with E-state index < -0.39 is 0 Å². The number of allylic oxidation sites excluding steroid dienone is 1. The quantitative estimate of drug-likeness (QED) is 0.684. The molecule has 0 unspecified atom stereocenters. The predicted octanol–water partition coefficient (Wildman–Crippen LogP) is 1.02. The molecule has 0 saturated carbocycles. The molecule has 1 fully saturated rings. The van der Waals surface area contributed by atoms with Gasteiger partial charge in [0.1, 0.15) is 0 Å². The third-order valence-corrected chi connectivity index (χ3v) is 2.73. The third kappa shape index (κ3) is 3.14. The molecule has 0 bridgehead atoms. The SMILES string of the molecule is C/C=C/C(=O)N1CCC(CNC)CC1. The number of hydrogen-bond donors (Lipinski definition) is 1. The van der Waals surface area contributed by atoms with E-state index in [0.717, 1.165) is 38.4 Å². The van der Waals surface area contributed by atoms with E-state index in [-0.39, 0.29) is 5.91 Å². The molecule has 1 aliphatic rings. The zero-order valence-corrected chi connectivity index (χ0v) is 9.12. The van der Waals surface area contributed by atoms with E-state index in [1.54, 1.807) is 6.08 Å². The zero-order valence-electron chi connectivity index (χ0n) is 9.12. The van der Waals surface area contributed by atoms with Crippen molar-refractivity contribution in [2.24, 2.45) is 5.92 Å². The van der Waals surface area contributed by atoms with Gasteiger partial charge in [-0.25, -0.2) is 0 Å². The molecule has 1 N–H and O–H groups in total. The maximum atomic E-state index is 11.5. The van der Waals surface area contributed by atoms with Crippen LogP contribution in [-0.4, -0.2) is 37.5 Å². The van der Waals surface area contributed by atoms with Gasteiger partial charge in [0, 0.05) is 13.1 Å². The summed E-state index contributed by atoms with van der Waals surface area (Å²) in [6, 6.07) is 0. The Morgan fingerprint density at radius 2 is 2.14 bits per heavy atom. The molecule has 0 aromatic carbocycles. The normalized spacial score (nSPS) is 19.1. The number of amides is 1. The number of carbonyl (C=O) groups excluding carboxylic acids is 1. The van der Waals surface area contributed by atoms with E-state index in [1.165, 1.54) is 0 Å². The highest BCUT2D eigenvalue weighted by Crippen LogP contribution is 2.16. The Morgan fingerprint density at radius 1 is 1.50 bits per heavy atom. The van der Waals surface area contributed by atoms with Crippen molar-refractivity contribution in [1.29, 1.82) is 0 Å². The first kappa shape index (κ1) is 11.2. The number of carbonyl (C=O) groups is 1. The Morgan fingerprint density at radius 3 is 2.64 bits per heavy atom. The van der Waals surface area contributed by atoms with Gasteiger partial charge in [0.25, 0.3) is 0 Å². The lowest BCUT2D eigenvalue weighted by molar-refractivity contribution is -0.127. The van der Waals surface area contributed by atoms with Crippen molar-refractivity contribution in [2.45, 2.75) is 19.8 Å².